The number of nitrogens with one attached hydrogen (secondary N) is 1. The van der Waals surface area contributed by atoms with Crippen LogP contribution < -0.4 is 20.5 Å². The van der Waals surface area contributed by atoms with Crippen molar-refractivity contribution in [1.29, 1.82) is 0 Å². The molecule has 1 aromatic heterocycles. The van der Waals surface area contributed by atoms with Crippen LogP contribution in [0.3, 0.4) is 0 Å². The number of amides is 1. The number of pyridine rings is 1. The molecule has 2 aliphatic rings. The Morgan fingerprint density at radius 3 is 2.71 bits per heavy atom. The Labute approximate surface area is 192 Å². The number of aliphatic imine (C=N–C) groups is 1. The molecular formula is C20H20F3N5O5S. The van der Waals surface area contributed by atoms with Crippen molar-refractivity contribution in [3.63, 3.8) is 0 Å². The third-order valence-corrected chi connectivity index (χ3v) is 8.02. The summed E-state index contributed by atoms with van der Waals surface area (Å²) in [5, 5.41) is 1.64. The summed E-state index contributed by atoms with van der Waals surface area (Å²) in [5.41, 5.74) is 5.14. The molecule has 2 atom stereocenters. The van der Waals surface area contributed by atoms with Gasteiger partial charge >= 0.3 is 6.36 Å². The van der Waals surface area contributed by atoms with E-state index in [4.69, 9.17) is 10.5 Å². The summed E-state index contributed by atoms with van der Waals surface area (Å²) in [6.07, 6.45) is -3.93. The molecule has 4 rings (SSSR count). The molecule has 0 bridgehead atoms. The lowest BCUT2D eigenvalue weighted by molar-refractivity contribution is -0.274. The molecule has 0 saturated heterocycles. The number of carbonyl (C=O) groups is 1. The van der Waals surface area contributed by atoms with Gasteiger partial charge in [0.2, 0.25) is 16.0 Å². The molecule has 14 heteroatoms. The van der Waals surface area contributed by atoms with Crippen molar-refractivity contribution in [2.45, 2.75) is 30.5 Å². The number of anilines is 1. The first-order valence-electron chi connectivity index (χ1n) is 9.95. The average molecular weight is 499 g/mol. The number of sulfonamides is 1. The number of hydrogen-bond donors (Lipinski definition) is 2. The molecule has 182 valence electrons. The van der Waals surface area contributed by atoms with Gasteiger partial charge in [-0.1, -0.05) is 0 Å². The Morgan fingerprint density at radius 1 is 1.32 bits per heavy atom. The lowest BCUT2D eigenvalue weighted by Crippen LogP contribution is -2.56. The van der Waals surface area contributed by atoms with E-state index in [9.17, 15) is 26.4 Å². The van der Waals surface area contributed by atoms with E-state index >= 15 is 0 Å². The lowest BCUT2D eigenvalue weighted by Gasteiger charge is -2.40. The Hall–Kier alpha value is -3.55. The summed E-state index contributed by atoms with van der Waals surface area (Å²) in [6, 6.07) is 6.69. The number of halogens is 3. The van der Waals surface area contributed by atoms with Crippen LogP contribution in [0.5, 0.6) is 11.5 Å². The normalized spacial score (nSPS) is 23.5. The van der Waals surface area contributed by atoms with Crippen LogP contribution in [0.25, 0.3) is 0 Å². The van der Waals surface area contributed by atoms with E-state index in [0.717, 1.165) is 22.6 Å². The summed E-state index contributed by atoms with van der Waals surface area (Å²) in [5.74, 6) is -1.05. The third-order valence-electron chi connectivity index (χ3n) is 5.66. The molecule has 3 heterocycles. The summed E-state index contributed by atoms with van der Waals surface area (Å²) in [6.45, 7) is 1.77. The van der Waals surface area contributed by atoms with Gasteiger partial charge in [-0.05, 0) is 37.3 Å². The molecule has 1 amide bonds. The number of nitrogens with two attached hydrogens (primary N) is 1. The van der Waals surface area contributed by atoms with Crippen molar-refractivity contribution in [1.82, 2.24) is 9.29 Å². The second-order valence-electron chi connectivity index (χ2n) is 7.85. The molecule has 2 aromatic rings. The Bertz CT molecular complexity index is 1270. The zero-order chi connectivity index (χ0) is 24.9. The number of alkyl halides is 3. The fraction of sp³-hybridized carbons (Fsp3) is 0.350. The molecular weight excluding hydrogens is 479 g/mol. The molecule has 34 heavy (non-hydrogen) atoms. The van der Waals surface area contributed by atoms with Crippen LogP contribution in [-0.4, -0.2) is 54.8 Å². The van der Waals surface area contributed by atoms with Gasteiger partial charge in [-0.3, -0.25) is 4.79 Å². The van der Waals surface area contributed by atoms with Crippen molar-refractivity contribution in [2.75, 3.05) is 19.0 Å². The standard InChI is InChI=1S/C20H20F3N5O5S/c1-19-13-9-11(26-17(29)14-5-4-12(10-25-14)33-20(21,22)23)3-6-15(13)32-8-7-16(19)34(30,31)28(2)18(24)27-19/h3-6,9-10,16H,7-8H2,1-2H3,(H2,24,27)(H,26,29)/t16?,19-/m1/s1. The number of ether oxygens (including phenoxy) is 2. The van der Waals surface area contributed by atoms with E-state index in [-0.39, 0.29) is 30.4 Å². The summed E-state index contributed by atoms with van der Waals surface area (Å²) in [4.78, 5) is 20.7. The van der Waals surface area contributed by atoms with Gasteiger partial charge in [-0.2, -0.15) is 0 Å². The fourth-order valence-corrected chi connectivity index (χ4v) is 5.80. The number of guanidine groups is 1. The minimum absolute atomic E-state index is 0.137. The van der Waals surface area contributed by atoms with Gasteiger partial charge in [0, 0.05) is 24.7 Å². The average Bonchev–Trinajstić information content (AvgIpc) is 2.89. The predicted octanol–water partition coefficient (Wildman–Crippen LogP) is 2.19. The highest BCUT2D eigenvalue weighted by molar-refractivity contribution is 7.90. The van der Waals surface area contributed by atoms with Crippen molar-refractivity contribution in [3.05, 3.63) is 47.8 Å². The molecule has 0 spiro atoms. The first-order valence-corrected chi connectivity index (χ1v) is 11.4. The van der Waals surface area contributed by atoms with Crippen LogP contribution in [0, 0.1) is 0 Å². The number of rotatable bonds is 3. The summed E-state index contributed by atoms with van der Waals surface area (Å²) < 4.78 is 73.4. The van der Waals surface area contributed by atoms with E-state index in [2.05, 4.69) is 20.0 Å². The largest absolute Gasteiger partial charge is 0.573 e. The number of fused-ring (bicyclic) bond motifs is 3. The van der Waals surface area contributed by atoms with Gasteiger partial charge in [-0.25, -0.2) is 22.7 Å². The zero-order valence-electron chi connectivity index (χ0n) is 18.0. The van der Waals surface area contributed by atoms with Gasteiger partial charge in [-0.15, -0.1) is 13.2 Å². The smallest absolute Gasteiger partial charge is 0.493 e. The van der Waals surface area contributed by atoms with Crippen LogP contribution >= 0.6 is 0 Å². The van der Waals surface area contributed by atoms with Crippen LogP contribution in [0.1, 0.15) is 29.4 Å². The third kappa shape index (κ3) is 4.20. The quantitative estimate of drug-likeness (QED) is 0.661. The van der Waals surface area contributed by atoms with E-state index < -0.39 is 38.8 Å². The number of benzene rings is 1. The lowest BCUT2D eigenvalue weighted by atomic mass is 9.87. The molecule has 10 nitrogen and oxygen atoms in total. The number of hydrogen-bond acceptors (Lipinski definition) is 8. The van der Waals surface area contributed by atoms with Crippen LogP contribution in [0.15, 0.2) is 41.5 Å². The zero-order valence-corrected chi connectivity index (χ0v) is 18.8. The minimum atomic E-state index is -4.88. The van der Waals surface area contributed by atoms with Crippen molar-refractivity contribution < 1.29 is 35.9 Å². The highest BCUT2D eigenvalue weighted by Crippen LogP contribution is 2.46. The Balaban J connectivity index is 1.64. The maximum Gasteiger partial charge on any atom is 0.573 e. The van der Waals surface area contributed by atoms with Gasteiger partial charge in [0.15, 0.2) is 0 Å². The van der Waals surface area contributed by atoms with E-state index in [1.807, 2.05) is 0 Å². The fourth-order valence-electron chi connectivity index (χ4n) is 3.96. The van der Waals surface area contributed by atoms with Crippen LogP contribution in [0.2, 0.25) is 0 Å². The Morgan fingerprint density at radius 2 is 2.06 bits per heavy atom. The Kier molecular flexibility index (Phi) is 5.58. The molecule has 1 unspecified atom stereocenters. The van der Waals surface area contributed by atoms with Crippen LogP contribution in [-0.2, 0) is 15.6 Å². The topological polar surface area (TPSA) is 136 Å². The second-order valence-corrected chi connectivity index (χ2v) is 9.99. The second kappa shape index (κ2) is 8.04. The van der Waals surface area contributed by atoms with Crippen LogP contribution in [0.4, 0.5) is 18.9 Å². The van der Waals surface area contributed by atoms with Crippen molar-refractivity contribution in [2.24, 2.45) is 10.7 Å². The van der Waals surface area contributed by atoms with Gasteiger partial charge in [0.1, 0.15) is 28.0 Å². The molecule has 1 aromatic carbocycles. The number of nitrogens with zero attached hydrogens (tertiary/aromatic N) is 3. The summed E-state index contributed by atoms with van der Waals surface area (Å²) in [7, 11) is -2.50. The molecule has 0 saturated carbocycles. The monoisotopic (exact) mass is 499 g/mol. The van der Waals surface area contributed by atoms with Crippen molar-refractivity contribution >= 4 is 27.6 Å². The molecule has 0 aliphatic carbocycles. The van der Waals surface area contributed by atoms with E-state index in [1.54, 1.807) is 13.0 Å². The number of aromatic nitrogens is 1. The molecule has 3 N–H and O–H groups in total. The minimum Gasteiger partial charge on any atom is -0.493 e. The van der Waals surface area contributed by atoms with Crippen molar-refractivity contribution in [3.8, 4) is 11.5 Å². The SMILES string of the molecule is CN1C(N)=N[C@]2(C)c3cc(NC(=O)c4ccc(OC(F)(F)F)cn4)ccc3OCCC2S1(=O)=O. The van der Waals surface area contributed by atoms with E-state index in [1.165, 1.54) is 19.2 Å². The summed E-state index contributed by atoms with van der Waals surface area (Å²) >= 11 is 0. The van der Waals surface area contributed by atoms with E-state index in [0.29, 0.717) is 11.3 Å². The molecule has 2 aliphatic heterocycles. The first kappa shape index (κ1) is 23.6. The maximum atomic E-state index is 13.0. The highest BCUT2D eigenvalue weighted by atomic mass is 32.2. The molecule has 0 radical (unpaired) electrons. The van der Waals surface area contributed by atoms with Gasteiger partial charge in [0.05, 0.1) is 12.8 Å². The predicted molar refractivity (Wildman–Crippen MR) is 115 cm³/mol. The molecule has 0 fully saturated rings. The maximum absolute atomic E-state index is 13.0. The van der Waals surface area contributed by atoms with Gasteiger partial charge in [0.25, 0.3) is 5.91 Å². The first-order chi connectivity index (χ1) is 15.8. The highest BCUT2D eigenvalue weighted by Gasteiger charge is 2.52. The van der Waals surface area contributed by atoms with Gasteiger partial charge < -0.3 is 20.5 Å². The number of carbonyl (C=O) groups excluding carboxylic acids is 1.